The molecule has 0 aromatic rings. The van der Waals surface area contributed by atoms with Crippen molar-refractivity contribution in [3.63, 3.8) is 0 Å². The smallest absolute Gasteiger partial charge is 0.318 e. The first kappa shape index (κ1) is 16.1. The summed E-state index contributed by atoms with van der Waals surface area (Å²) in [5.74, 6) is -2.10. The minimum absolute atomic E-state index is 0.317. The van der Waals surface area contributed by atoms with Gasteiger partial charge >= 0.3 is 11.9 Å². The molecule has 0 aliphatic heterocycles. The highest BCUT2D eigenvalue weighted by atomic mass is 32.2. The van der Waals surface area contributed by atoms with Crippen molar-refractivity contribution < 1.29 is 23.6 Å². The third-order valence-electron chi connectivity index (χ3n) is 2.26. The van der Waals surface area contributed by atoms with Gasteiger partial charge in [-0.2, -0.15) is 0 Å². The van der Waals surface area contributed by atoms with Crippen LogP contribution in [0.5, 0.6) is 0 Å². The van der Waals surface area contributed by atoms with Gasteiger partial charge in [-0.1, -0.05) is 26.2 Å². The van der Waals surface area contributed by atoms with E-state index in [1.165, 1.54) is 6.92 Å². The van der Waals surface area contributed by atoms with Gasteiger partial charge in [-0.3, -0.25) is 13.8 Å². The Balaban J connectivity index is 3.72. The molecule has 0 heterocycles. The lowest BCUT2D eigenvalue weighted by atomic mass is 10.2. The van der Waals surface area contributed by atoms with Crippen LogP contribution in [0, 0.1) is 0 Å². The van der Waals surface area contributed by atoms with Gasteiger partial charge < -0.3 is 9.84 Å². The van der Waals surface area contributed by atoms with Crippen molar-refractivity contribution in [1.82, 2.24) is 0 Å². The maximum absolute atomic E-state index is 11.4. The second-order valence-electron chi connectivity index (χ2n) is 3.79. The van der Waals surface area contributed by atoms with Gasteiger partial charge in [-0.05, 0) is 13.3 Å². The van der Waals surface area contributed by atoms with Gasteiger partial charge in [0.1, 0.15) is 11.0 Å². The van der Waals surface area contributed by atoms with Crippen LogP contribution in [0.4, 0.5) is 0 Å². The van der Waals surface area contributed by atoms with Crippen molar-refractivity contribution in [1.29, 1.82) is 0 Å². The second kappa shape index (κ2) is 9.15. The maximum Gasteiger partial charge on any atom is 0.318 e. The predicted octanol–water partition coefficient (Wildman–Crippen LogP) is 1.33. The molecule has 6 heteroatoms. The predicted molar refractivity (Wildman–Crippen MR) is 65.2 cm³/mol. The zero-order valence-corrected chi connectivity index (χ0v) is 11.1. The number of carboxylic acids is 1. The zero-order valence-electron chi connectivity index (χ0n) is 10.3. The average Bonchev–Trinajstić information content (AvgIpc) is 2.27. The van der Waals surface area contributed by atoms with Crippen LogP contribution >= 0.6 is 0 Å². The number of hydrogen-bond donors (Lipinski definition) is 1. The van der Waals surface area contributed by atoms with Crippen LogP contribution in [0.1, 0.15) is 39.5 Å². The lowest BCUT2D eigenvalue weighted by Gasteiger charge is -2.07. The van der Waals surface area contributed by atoms with Crippen molar-refractivity contribution >= 4 is 22.7 Å². The normalized spacial score (nSPS) is 14.0. The minimum atomic E-state index is -1.71. The lowest BCUT2D eigenvalue weighted by molar-refractivity contribution is -0.140. The summed E-state index contributed by atoms with van der Waals surface area (Å²) in [6, 6.07) is 0. The molecule has 100 valence electrons. The number of hydrogen-bond acceptors (Lipinski definition) is 4. The Labute approximate surface area is 104 Å². The molecule has 1 N–H and O–H groups in total. The van der Waals surface area contributed by atoms with E-state index >= 15 is 0 Å². The van der Waals surface area contributed by atoms with Gasteiger partial charge in [0.15, 0.2) is 0 Å². The molecule has 0 aromatic heterocycles. The summed E-state index contributed by atoms with van der Waals surface area (Å²) >= 11 is 0. The molecule has 0 rings (SSSR count). The Morgan fingerprint density at radius 1 is 1.29 bits per heavy atom. The molecule has 0 aromatic carbocycles. The first-order chi connectivity index (χ1) is 7.99. The fourth-order valence-corrected chi connectivity index (χ4v) is 1.90. The molecule has 5 nitrogen and oxygen atoms in total. The summed E-state index contributed by atoms with van der Waals surface area (Å²) in [4.78, 5) is 21.7. The number of ether oxygens (including phenoxy) is 1. The van der Waals surface area contributed by atoms with E-state index in [2.05, 4.69) is 6.92 Å². The second-order valence-corrected chi connectivity index (χ2v) is 5.54. The number of carbonyl (C=O) groups excluding carboxylic acids is 1. The Kier molecular flexibility index (Phi) is 8.66. The fourth-order valence-electron chi connectivity index (χ4n) is 1.11. The molecule has 0 radical (unpaired) electrons. The van der Waals surface area contributed by atoms with E-state index in [0.29, 0.717) is 6.61 Å². The molecule has 2 atom stereocenters. The number of carboxylic acid groups (broad SMARTS) is 1. The molecule has 0 aliphatic rings. The molecule has 17 heavy (non-hydrogen) atoms. The van der Waals surface area contributed by atoms with Gasteiger partial charge in [-0.25, -0.2) is 0 Å². The Hall–Kier alpha value is -0.910. The number of aliphatic carboxylic acids is 1. The molecule has 0 aliphatic carbocycles. The van der Waals surface area contributed by atoms with Crippen LogP contribution in [-0.4, -0.2) is 38.9 Å². The monoisotopic (exact) mass is 264 g/mol. The van der Waals surface area contributed by atoms with Gasteiger partial charge in [-0.15, -0.1) is 0 Å². The maximum atomic E-state index is 11.4. The summed E-state index contributed by atoms with van der Waals surface area (Å²) in [7, 11) is -1.71. The van der Waals surface area contributed by atoms with E-state index in [1.54, 1.807) is 0 Å². The number of rotatable bonds is 9. The van der Waals surface area contributed by atoms with Crippen LogP contribution in [0.3, 0.4) is 0 Å². The summed E-state index contributed by atoms with van der Waals surface area (Å²) in [6.07, 6.45) is 3.99. The molecule has 0 saturated heterocycles. The van der Waals surface area contributed by atoms with E-state index < -0.39 is 28.0 Å². The molecule has 0 fully saturated rings. The van der Waals surface area contributed by atoms with Crippen LogP contribution < -0.4 is 0 Å². The number of carbonyl (C=O) groups is 2. The Morgan fingerprint density at radius 2 is 1.94 bits per heavy atom. The van der Waals surface area contributed by atoms with Crippen molar-refractivity contribution in [3.8, 4) is 0 Å². The molecule has 0 spiro atoms. The van der Waals surface area contributed by atoms with Crippen molar-refractivity contribution in [2.45, 2.75) is 44.8 Å². The molecule has 0 amide bonds. The minimum Gasteiger partial charge on any atom is -0.480 e. The summed E-state index contributed by atoms with van der Waals surface area (Å²) in [5, 5.41) is 7.55. The largest absolute Gasteiger partial charge is 0.480 e. The van der Waals surface area contributed by atoms with Crippen LogP contribution in [0.15, 0.2) is 0 Å². The first-order valence-electron chi connectivity index (χ1n) is 5.74. The molecule has 0 saturated carbocycles. The quantitative estimate of drug-likeness (QED) is 0.502. The van der Waals surface area contributed by atoms with Crippen LogP contribution in [0.25, 0.3) is 0 Å². The average molecular weight is 264 g/mol. The molecular weight excluding hydrogens is 244 g/mol. The van der Waals surface area contributed by atoms with E-state index in [-0.39, 0.29) is 5.75 Å². The highest BCUT2D eigenvalue weighted by molar-refractivity contribution is 7.87. The lowest BCUT2D eigenvalue weighted by Crippen LogP contribution is -2.27. The van der Waals surface area contributed by atoms with Gasteiger partial charge in [0.05, 0.1) is 6.61 Å². The van der Waals surface area contributed by atoms with Gasteiger partial charge in [0.25, 0.3) is 0 Å². The highest BCUT2D eigenvalue weighted by Gasteiger charge is 2.21. The highest BCUT2D eigenvalue weighted by Crippen LogP contribution is 2.01. The van der Waals surface area contributed by atoms with E-state index in [9.17, 15) is 13.8 Å². The molecule has 0 bridgehead atoms. The SMILES string of the molecule is CCCCCCOC(=O)CS(=O)C(C)C(=O)O. The summed E-state index contributed by atoms with van der Waals surface area (Å²) in [6.45, 7) is 3.72. The molecule has 2 unspecified atom stereocenters. The van der Waals surface area contributed by atoms with Gasteiger partial charge in [0, 0.05) is 10.8 Å². The standard InChI is InChI=1S/C11H20O5S/c1-3-4-5-6-7-16-10(12)8-17(15)9(2)11(13)14/h9H,3-8H2,1-2H3,(H,13,14). The van der Waals surface area contributed by atoms with E-state index in [0.717, 1.165) is 25.7 Å². The molecular formula is C11H20O5S. The van der Waals surface area contributed by atoms with E-state index in [4.69, 9.17) is 9.84 Å². The third-order valence-corrected chi connectivity index (χ3v) is 3.77. The Morgan fingerprint density at radius 3 is 2.47 bits per heavy atom. The van der Waals surface area contributed by atoms with Crippen LogP contribution in [0.2, 0.25) is 0 Å². The number of esters is 1. The van der Waals surface area contributed by atoms with Crippen molar-refractivity contribution in [2.24, 2.45) is 0 Å². The van der Waals surface area contributed by atoms with Crippen molar-refractivity contribution in [2.75, 3.05) is 12.4 Å². The van der Waals surface area contributed by atoms with E-state index in [1.807, 2.05) is 0 Å². The number of unbranched alkanes of at least 4 members (excludes halogenated alkanes) is 3. The summed E-state index contributed by atoms with van der Waals surface area (Å²) < 4.78 is 16.2. The topological polar surface area (TPSA) is 80.7 Å². The van der Waals surface area contributed by atoms with Crippen molar-refractivity contribution in [3.05, 3.63) is 0 Å². The fraction of sp³-hybridized carbons (Fsp3) is 0.818. The Bertz CT molecular complexity index is 277. The van der Waals surface area contributed by atoms with Gasteiger partial charge in [0.2, 0.25) is 0 Å². The third kappa shape index (κ3) is 7.90. The summed E-state index contributed by atoms with van der Waals surface area (Å²) in [5.41, 5.74) is 0. The van der Waals surface area contributed by atoms with Crippen LogP contribution in [-0.2, 0) is 25.1 Å². The zero-order chi connectivity index (χ0) is 13.3. The first-order valence-corrected chi connectivity index (χ1v) is 7.12.